The van der Waals surface area contributed by atoms with Gasteiger partial charge in [0.25, 0.3) is 0 Å². The molecule has 1 N–H and O–H groups in total. The fourth-order valence-electron chi connectivity index (χ4n) is 3.52. The maximum atomic E-state index is 5.81. The Hall–Kier alpha value is -1.32. The molecule has 0 saturated heterocycles. The molecule has 0 aliphatic heterocycles. The molecule has 1 aromatic heterocycles. The highest BCUT2D eigenvalue weighted by Crippen LogP contribution is 2.42. The van der Waals surface area contributed by atoms with Gasteiger partial charge in [0.15, 0.2) is 0 Å². The molecule has 0 radical (unpaired) electrons. The van der Waals surface area contributed by atoms with Crippen molar-refractivity contribution >= 4 is 10.9 Å². The summed E-state index contributed by atoms with van der Waals surface area (Å²) in [6, 6.07) is 9.14. The van der Waals surface area contributed by atoms with Crippen molar-refractivity contribution in [2.45, 2.75) is 45.9 Å². The van der Waals surface area contributed by atoms with Gasteiger partial charge in [0, 0.05) is 48.8 Å². The van der Waals surface area contributed by atoms with Gasteiger partial charge in [-0.25, -0.2) is 0 Å². The number of hydrogen-bond donors (Lipinski definition) is 1. The van der Waals surface area contributed by atoms with Crippen LogP contribution in [0.5, 0.6) is 0 Å². The van der Waals surface area contributed by atoms with E-state index >= 15 is 0 Å². The van der Waals surface area contributed by atoms with Crippen LogP contribution in [0.2, 0.25) is 0 Å². The van der Waals surface area contributed by atoms with E-state index in [-0.39, 0.29) is 5.41 Å². The van der Waals surface area contributed by atoms with Gasteiger partial charge < -0.3 is 14.6 Å². The highest BCUT2D eigenvalue weighted by molar-refractivity contribution is 5.83. The van der Waals surface area contributed by atoms with Gasteiger partial charge in [0.1, 0.15) is 0 Å². The fourth-order valence-corrected chi connectivity index (χ4v) is 3.52. The topological polar surface area (TPSA) is 26.2 Å². The first kappa shape index (κ1) is 14.6. The molecule has 1 aliphatic carbocycles. The molecular formula is C18H26N2O. The quantitative estimate of drug-likeness (QED) is 0.911. The predicted molar refractivity (Wildman–Crippen MR) is 87.4 cm³/mol. The van der Waals surface area contributed by atoms with E-state index in [1.807, 2.05) is 0 Å². The third-order valence-corrected chi connectivity index (χ3v) is 5.06. The van der Waals surface area contributed by atoms with Crippen LogP contribution in [0.1, 0.15) is 32.8 Å². The number of nitrogens with zero attached hydrogens (tertiary/aromatic N) is 1. The second-order valence-electron chi connectivity index (χ2n) is 6.72. The smallest absolute Gasteiger partial charge is 0.0655 e. The van der Waals surface area contributed by atoms with E-state index in [9.17, 15) is 0 Å². The van der Waals surface area contributed by atoms with Crippen LogP contribution in [-0.2, 0) is 18.3 Å². The first-order valence-electron chi connectivity index (χ1n) is 7.92. The second-order valence-corrected chi connectivity index (χ2v) is 6.72. The normalized spacial score (nSPS) is 24.2. The van der Waals surface area contributed by atoms with Gasteiger partial charge in [-0.2, -0.15) is 0 Å². The molecule has 1 heterocycles. The van der Waals surface area contributed by atoms with Crippen molar-refractivity contribution in [1.29, 1.82) is 0 Å². The maximum Gasteiger partial charge on any atom is 0.0655 e. The minimum absolute atomic E-state index is 0.223. The molecule has 1 saturated carbocycles. The third kappa shape index (κ3) is 2.49. The predicted octanol–water partition coefficient (Wildman–Crippen LogP) is 3.47. The van der Waals surface area contributed by atoms with Gasteiger partial charge in [0.05, 0.1) is 6.10 Å². The van der Waals surface area contributed by atoms with Crippen molar-refractivity contribution < 1.29 is 4.74 Å². The van der Waals surface area contributed by atoms with E-state index < -0.39 is 0 Å². The number of rotatable bonds is 5. The Labute approximate surface area is 127 Å². The lowest BCUT2D eigenvalue weighted by molar-refractivity contribution is -0.114. The lowest BCUT2D eigenvalue weighted by atomic mass is 9.64. The van der Waals surface area contributed by atoms with Crippen LogP contribution in [0.4, 0.5) is 0 Å². The maximum absolute atomic E-state index is 5.81. The average molecular weight is 286 g/mol. The minimum atomic E-state index is 0.223. The molecule has 114 valence electrons. The molecule has 3 nitrogen and oxygen atoms in total. The fraction of sp³-hybridized carbons (Fsp3) is 0.556. The Morgan fingerprint density at radius 2 is 2.10 bits per heavy atom. The number of benzene rings is 1. The van der Waals surface area contributed by atoms with Gasteiger partial charge in [-0.1, -0.05) is 32.0 Å². The van der Waals surface area contributed by atoms with Crippen molar-refractivity contribution in [3.8, 4) is 0 Å². The van der Waals surface area contributed by atoms with Gasteiger partial charge in [-0.05, 0) is 25.0 Å². The van der Waals surface area contributed by atoms with E-state index in [2.05, 4.69) is 68.2 Å². The van der Waals surface area contributed by atoms with Gasteiger partial charge in [-0.15, -0.1) is 0 Å². The molecule has 3 heteroatoms. The first-order chi connectivity index (χ1) is 10.0. The minimum Gasteiger partial charge on any atom is -0.378 e. The molecule has 2 atom stereocenters. The summed E-state index contributed by atoms with van der Waals surface area (Å²) >= 11 is 0. The lowest BCUT2D eigenvalue weighted by Crippen LogP contribution is -2.60. The summed E-state index contributed by atoms with van der Waals surface area (Å²) in [5.41, 5.74) is 2.90. The van der Waals surface area contributed by atoms with Crippen molar-refractivity contribution in [3.05, 3.63) is 36.0 Å². The second kappa shape index (κ2) is 5.47. The van der Waals surface area contributed by atoms with E-state index in [1.54, 1.807) is 0 Å². The monoisotopic (exact) mass is 286 g/mol. The molecule has 1 aliphatic rings. The Morgan fingerprint density at radius 3 is 2.81 bits per heavy atom. The first-order valence-corrected chi connectivity index (χ1v) is 7.92. The number of aromatic nitrogens is 1. The summed E-state index contributed by atoms with van der Waals surface area (Å²) in [6.45, 7) is 8.42. The Morgan fingerprint density at radius 1 is 1.33 bits per heavy atom. The van der Waals surface area contributed by atoms with Crippen LogP contribution >= 0.6 is 0 Å². The van der Waals surface area contributed by atoms with Crippen LogP contribution in [0.15, 0.2) is 30.5 Å². The lowest BCUT2D eigenvalue weighted by Gasteiger charge is -2.52. The molecule has 0 spiro atoms. The Bertz CT molecular complexity index is 629. The summed E-state index contributed by atoms with van der Waals surface area (Å²) < 4.78 is 8.02. The zero-order chi connectivity index (χ0) is 15.0. The zero-order valence-corrected chi connectivity index (χ0v) is 13.5. The standard InChI is InChI=1S/C18H26N2O/c1-5-21-17-10-16(18(17,2)3)19-11-13-12-20(4)15-9-7-6-8-14(13)15/h6-9,12,16-17,19H,5,10-11H2,1-4H3. The number of hydrogen-bond acceptors (Lipinski definition) is 2. The summed E-state index contributed by atoms with van der Waals surface area (Å²) in [7, 11) is 2.12. The molecular weight excluding hydrogens is 260 g/mol. The van der Waals surface area contributed by atoms with Crippen LogP contribution in [0, 0.1) is 5.41 Å². The summed E-state index contributed by atoms with van der Waals surface area (Å²) in [4.78, 5) is 0. The van der Waals surface area contributed by atoms with Crippen LogP contribution < -0.4 is 5.32 Å². The van der Waals surface area contributed by atoms with E-state index in [4.69, 9.17) is 4.74 Å². The molecule has 0 bridgehead atoms. The summed E-state index contributed by atoms with van der Waals surface area (Å²) in [5.74, 6) is 0. The highest BCUT2D eigenvalue weighted by Gasteiger charge is 2.48. The molecule has 0 amide bonds. The molecule has 2 aromatic rings. The summed E-state index contributed by atoms with van der Waals surface area (Å²) in [5, 5.41) is 5.08. The largest absolute Gasteiger partial charge is 0.378 e. The van der Waals surface area contributed by atoms with Crippen molar-refractivity contribution in [2.24, 2.45) is 12.5 Å². The van der Waals surface area contributed by atoms with E-state index in [1.165, 1.54) is 16.5 Å². The molecule has 1 fully saturated rings. The van der Waals surface area contributed by atoms with Gasteiger partial charge in [0.2, 0.25) is 0 Å². The zero-order valence-electron chi connectivity index (χ0n) is 13.5. The van der Waals surface area contributed by atoms with E-state index in [0.717, 1.165) is 19.6 Å². The SMILES string of the molecule is CCOC1CC(NCc2cn(C)c3ccccc23)C1(C)C. The van der Waals surface area contributed by atoms with Crippen molar-refractivity contribution in [3.63, 3.8) is 0 Å². The number of ether oxygens (including phenoxy) is 1. The van der Waals surface area contributed by atoms with Crippen LogP contribution in [0.3, 0.4) is 0 Å². The van der Waals surface area contributed by atoms with Crippen LogP contribution in [-0.4, -0.2) is 23.3 Å². The van der Waals surface area contributed by atoms with E-state index in [0.29, 0.717) is 12.1 Å². The molecule has 2 unspecified atom stereocenters. The number of para-hydroxylation sites is 1. The highest BCUT2D eigenvalue weighted by atomic mass is 16.5. The van der Waals surface area contributed by atoms with Gasteiger partial charge >= 0.3 is 0 Å². The van der Waals surface area contributed by atoms with Crippen molar-refractivity contribution in [1.82, 2.24) is 9.88 Å². The number of nitrogens with one attached hydrogen (secondary N) is 1. The summed E-state index contributed by atoms with van der Waals surface area (Å²) in [6.07, 6.45) is 3.75. The van der Waals surface area contributed by atoms with Crippen LogP contribution in [0.25, 0.3) is 10.9 Å². The van der Waals surface area contributed by atoms with Gasteiger partial charge in [-0.3, -0.25) is 0 Å². The Balaban J connectivity index is 1.68. The molecule has 21 heavy (non-hydrogen) atoms. The number of aryl methyl sites for hydroxylation is 1. The number of fused-ring (bicyclic) bond motifs is 1. The molecule has 1 aromatic carbocycles. The Kier molecular flexibility index (Phi) is 3.80. The van der Waals surface area contributed by atoms with Crippen molar-refractivity contribution in [2.75, 3.05) is 6.61 Å². The molecule has 3 rings (SSSR count). The third-order valence-electron chi connectivity index (χ3n) is 5.06. The average Bonchev–Trinajstić information content (AvgIpc) is 2.79.